The zero-order valence-electron chi connectivity index (χ0n) is 8.83. The number of hydrogen-bond acceptors (Lipinski definition) is 2. The molecule has 5 heteroatoms. The van der Waals surface area contributed by atoms with Crippen LogP contribution in [0.3, 0.4) is 0 Å². The number of halogens is 2. The molecule has 1 aromatic heterocycles. The highest BCUT2D eigenvalue weighted by Crippen LogP contribution is 2.34. The molecule has 1 aromatic carbocycles. The molecule has 0 unspecified atom stereocenters. The number of rotatable bonds is 2. The Balaban J connectivity index is 2.71. The third-order valence-electron chi connectivity index (χ3n) is 2.40. The van der Waals surface area contributed by atoms with Crippen LogP contribution in [0, 0.1) is 18.6 Å². The van der Waals surface area contributed by atoms with Crippen molar-refractivity contribution in [3.63, 3.8) is 0 Å². The first-order valence-electron chi connectivity index (χ1n) is 4.77. The Morgan fingerprint density at radius 3 is 2.71 bits per heavy atom. The van der Waals surface area contributed by atoms with Gasteiger partial charge in [0.1, 0.15) is 11.6 Å². The molecule has 0 spiro atoms. The fraction of sp³-hybridized carbons (Fsp3) is 0.0833. The van der Waals surface area contributed by atoms with Gasteiger partial charge in [-0.25, -0.2) is 13.6 Å². The van der Waals surface area contributed by atoms with Gasteiger partial charge < -0.3 is 5.11 Å². The van der Waals surface area contributed by atoms with Crippen molar-refractivity contribution >= 4 is 17.3 Å². The van der Waals surface area contributed by atoms with E-state index in [2.05, 4.69) is 0 Å². The van der Waals surface area contributed by atoms with Gasteiger partial charge in [0.05, 0.1) is 5.56 Å². The molecule has 2 aromatic rings. The molecule has 2 nitrogen and oxygen atoms in total. The molecule has 0 saturated carbocycles. The van der Waals surface area contributed by atoms with Crippen LogP contribution in [0.1, 0.15) is 15.2 Å². The molecule has 1 heterocycles. The normalized spacial score (nSPS) is 10.5. The summed E-state index contributed by atoms with van der Waals surface area (Å²) in [5.74, 6) is -2.37. The SMILES string of the molecule is Cc1scc(C(=O)O)c1-c1cc(F)ccc1F. The molecule has 0 atom stereocenters. The van der Waals surface area contributed by atoms with Crippen molar-refractivity contribution in [2.75, 3.05) is 0 Å². The second-order valence-electron chi connectivity index (χ2n) is 3.51. The summed E-state index contributed by atoms with van der Waals surface area (Å²) in [4.78, 5) is 11.6. The molecular weight excluding hydrogens is 246 g/mol. The maximum Gasteiger partial charge on any atom is 0.337 e. The Hall–Kier alpha value is -1.75. The Morgan fingerprint density at radius 2 is 2.06 bits per heavy atom. The van der Waals surface area contributed by atoms with Gasteiger partial charge in [0.2, 0.25) is 0 Å². The largest absolute Gasteiger partial charge is 0.478 e. The number of aryl methyl sites for hydroxylation is 1. The smallest absolute Gasteiger partial charge is 0.337 e. The minimum atomic E-state index is -1.15. The Morgan fingerprint density at radius 1 is 1.35 bits per heavy atom. The number of carboxylic acid groups (broad SMARTS) is 1. The molecule has 0 aliphatic rings. The van der Waals surface area contributed by atoms with Crippen molar-refractivity contribution in [2.24, 2.45) is 0 Å². The quantitative estimate of drug-likeness (QED) is 0.887. The fourth-order valence-electron chi connectivity index (χ4n) is 1.64. The number of carboxylic acids is 1. The van der Waals surface area contributed by atoms with Gasteiger partial charge in [-0.3, -0.25) is 0 Å². The van der Waals surface area contributed by atoms with E-state index in [4.69, 9.17) is 5.11 Å². The van der Waals surface area contributed by atoms with Gasteiger partial charge in [-0.2, -0.15) is 0 Å². The molecule has 0 radical (unpaired) electrons. The lowest BCUT2D eigenvalue weighted by molar-refractivity contribution is 0.0698. The molecule has 88 valence electrons. The van der Waals surface area contributed by atoms with E-state index in [0.29, 0.717) is 4.88 Å². The lowest BCUT2D eigenvalue weighted by Crippen LogP contribution is -1.98. The van der Waals surface area contributed by atoms with Crippen molar-refractivity contribution < 1.29 is 18.7 Å². The average Bonchev–Trinajstić information content (AvgIpc) is 2.64. The second-order valence-corrected chi connectivity index (χ2v) is 4.59. The lowest BCUT2D eigenvalue weighted by Gasteiger charge is -2.05. The molecule has 0 amide bonds. The van der Waals surface area contributed by atoms with Gasteiger partial charge in [-0.1, -0.05) is 0 Å². The van der Waals surface area contributed by atoms with E-state index in [1.807, 2.05) is 0 Å². The van der Waals surface area contributed by atoms with Crippen molar-refractivity contribution in [3.05, 3.63) is 45.7 Å². The van der Waals surface area contributed by atoms with E-state index in [9.17, 15) is 13.6 Å². The van der Waals surface area contributed by atoms with Gasteiger partial charge in [0, 0.05) is 21.4 Å². The predicted molar refractivity (Wildman–Crippen MR) is 61.4 cm³/mol. The van der Waals surface area contributed by atoms with Crippen LogP contribution < -0.4 is 0 Å². The van der Waals surface area contributed by atoms with Crippen LogP contribution in [0.25, 0.3) is 11.1 Å². The fourth-order valence-corrected chi connectivity index (χ4v) is 2.49. The van der Waals surface area contributed by atoms with Crippen molar-refractivity contribution in [1.29, 1.82) is 0 Å². The summed E-state index contributed by atoms with van der Waals surface area (Å²) >= 11 is 1.20. The number of carbonyl (C=O) groups is 1. The van der Waals surface area contributed by atoms with E-state index >= 15 is 0 Å². The minimum absolute atomic E-state index is 0.00278. The minimum Gasteiger partial charge on any atom is -0.478 e. The standard InChI is InChI=1S/C12H8F2O2S/c1-6-11(9(5-17-6)12(15)16)8-4-7(13)2-3-10(8)14/h2-5H,1H3,(H,15,16). The van der Waals surface area contributed by atoms with Crippen molar-refractivity contribution in [2.45, 2.75) is 6.92 Å². The summed E-state index contributed by atoms with van der Waals surface area (Å²) in [6.07, 6.45) is 0. The molecule has 0 aliphatic carbocycles. The molecule has 0 bridgehead atoms. The highest BCUT2D eigenvalue weighted by atomic mass is 32.1. The lowest BCUT2D eigenvalue weighted by atomic mass is 10.0. The maximum atomic E-state index is 13.6. The summed E-state index contributed by atoms with van der Waals surface area (Å²) in [7, 11) is 0. The third-order valence-corrected chi connectivity index (χ3v) is 3.31. The molecule has 1 N–H and O–H groups in total. The van der Waals surface area contributed by atoms with Gasteiger partial charge in [0.25, 0.3) is 0 Å². The molecule has 2 rings (SSSR count). The van der Waals surface area contributed by atoms with Gasteiger partial charge in [0.15, 0.2) is 0 Å². The zero-order valence-corrected chi connectivity index (χ0v) is 9.65. The summed E-state index contributed by atoms with van der Waals surface area (Å²) in [6.45, 7) is 1.68. The van der Waals surface area contributed by atoms with Crippen LogP contribution in [0.4, 0.5) is 8.78 Å². The molecular formula is C12H8F2O2S. The molecule has 0 aliphatic heterocycles. The van der Waals surface area contributed by atoms with Crippen LogP contribution in [-0.4, -0.2) is 11.1 Å². The molecule has 0 fully saturated rings. The van der Waals surface area contributed by atoms with E-state index < -0.39 is 17.6 Å². The third kappa shape index (κ3) is 2.06. The number of benzene rings is 1. The topological polar surface area (TPSA) is 37.3 Å². The monoisotopic (exact) mass is 254 g/mol. The van der Waals surface area contributed by atoms with Gasteiger partial charge in [-0.05, 0) is 25.1 Å². The van der Waals surface area contributed by atoms with E-state index in [0.717, 1.165) is 18.2 Å². The summed E-state index contributed by atoms with van der Waals surface area (Å²) in [5, 5.41) is 10.4. The van der Waals surface area contributed by atoms with Crippen LogP contribution in [-0.2, 0) is 0 Å². The van der Waals surface area contributed by atoms with Crippen LogP contribution in [0.5, 0.6) is 0 Å². The van der Waals surface area contributed by atoms with Crippen LogP contribution >= 0.6 is 11.3 Å². The Kier molecular flexibility index (Phi) is 2.93. The Bertz CT molecular complexity index is 590. The summed E-state index contributed by atoms with van der Waals surface area (Å²) in [5.41, 5.74) is 0.234. The number of thiophene rings is 1. The van der Waals surface area contributed by atoms with Crippen LogP contribution in [0.15, 0.2) is 23.6 Å². The van der Waals surface area contributed by atoms with Crippen molar-refractivity contribution in [1.82, 2.24) is 0 Å². The van der Waals surface area contributed by atoms with E-state index in [-0.39, 0.29) is 16.7 Å². The predicted octanol–water partition coefficient (Wildman–Crippen LogP) is 3.70. The first-order valence-corrected chi connectivity index (χ1v) is 5.65. The number of aromatic carboxylic acids is 1. The van der Waals surface area contributed by atoms with Crippen LogP contribution in [0.2, 0.25) is 0 Å². The van der Waals surface area contributed by atoms with E-state index in [1.165, 1.54) is 16.7 Å². The summed E-state index contributed by atoms with van der Waals surface area (Å²) in [6, 6.07) is 3.01. The first-order chi connectivity index (χ1) is 8.00. The van der Waals surface area contributed by atoms with Gasteiger partial charge >= 0.3 is 5.97 Å². The average molecular weight is 254 g/mol. The van der Waals surface area contributed by atoms with E-state index in [1.54, 1.807) is 6.92 Å². The first kappa shape index (κ1) is 11.7. The molecule has 17 heavy (non-hydrogen) atoms. The zero-order chi connectivity index (χ0) is 12.6. The maximum absolute atomic E-state index is 13.6. The van der Waals surface area contributed by atoms with Gasteiger partial charge in [-0.15, -0.1) is 11.3 Å². The summed E-state index contributed by atoms with van der Waals surface area (Å²) < 4.78 is 26.7. The number of hydrogen-bond donors (Lipinski definition) is 1. The van der Waals surface area contributed by atoms with Crippen molar-refractivity contribution in [3.8, 4) is 11.1 Å². The molecule has 0 saturated heterocycles. The Labute approximate surface area is 100 Å². The highest BCUT2D eigenvalue weighted by molar-refractivity contribution is 7.10. The highest BCUT2D eigenvalue weighted by Gasteiger charge is 2.19. The second kappa shape index (κ2) is 4.25.